The number of hydrogen-bond donors (Lipinski definition) is 2. The predicted molar refractivity (Wildman–Crippen MR) is 116 cm³/mol. The van der Waals surface area contributed by atoms with Crippen LogP contribution in [-0.4, -0.2) is 16.4 Å². The molecule has 0 saturated carbocycles. The summed E-state index contributed by atoms with van der Waals surface area (Å²) in [5.74, 6) is -0.413. The van der Waals surface area contributed by atoms with Gasteiger partial charge in [0, 0.05) is 29.8 Å². The monoisotopic (exact) mass is 391 g/mol. The number of hydrogen-bond acceptors (Lipinski definition) is 3. The summed E-state index contributed by atoms with van der Waals surface area (Å²) in [6.45, 7) is 7.18. The van der Waals surface area contributed by atoms with Gasteiger partial charge in [0.15, 0.2) is 0 Å². The van der Waals surface area contributed by atoms with Crippen LogP contribution in [0.2, 0.25) is 0 Å². The lowest BCUT2D eigenvalue weighted by Gasteiger charge is -2.22. The van der Waals surface area contributed by atoms with Crippen LogP contribution in [0.3, 0.4) is 0 Å². The van der Waals surface area contributed by atoms with E-state index in [1.54, 1.807) is 34.9 Å². The average Bonchev–Trinajstić information content (AvgIpc) is 2.66. The first kappa shape index (κ1) is 20.3. The van der Waals surface area contributed by atoms with Gasteiger partial charge in [0.25, 0.3) is 5.56 Å². The zero-order valence-corrected chi connectivity index (χ0v) is 17.1. The van der Waals surface area contributed by atoms with Crippen molar-refractivity contribution >= 4 is 34.1 Å². The first-order chi connectivity index (χ1) is 13.8. The molecule has 1 aromatic heterocycles. The van der Waals surface area contributed by atoms with Crippen LogP contribution in [0, 0.1) is 13.8 Å². The molecule has 3 rings (SSSR count). The van der Waals surface area contributed by atoms with Crippen molar-refractivity contribution in [2.24, 2.45) is 0 Å². The third kappa shape index (κ3) is 4.21. The molecule has 150 valence electrons. The van der Waals surface area contributed by atoms with Crippen molar-refractivity contribution < 1.29 is 9.59 Å². The van der Waals surface area contributed by atoms with Crippen LogP contribution in [-0.2, 0) is 9.59 Å². The fourth-order valence-corrected chi connectivity index (χ4v) is 3.60. The standard InChI is InChI=1S/C23H25N3O3/c1-5-20(23(29)25-18-11-9-17(10-12-18)24-16(4)27)26-21(28)13-15(3)19-8-6-7-14(2)22(19)26/h6-13,20H,5H2,1-4H3,(H,24,27)(H,25,29). The van der Waals surface area contributed by atoms with Gasteiger partial charge in [-0.15, -0.1) is 0 Å². The van der Waals surface area contributed by atoms with Crippen LogP contribution in [0.15, 0.2) is 53.3 Å². The molecule has 1 unspecified atom stereocenters. The van der Waals surface area contributed by atoms with Crippen LogP contribution in [0.5, 0.6) is 0 Å². The van der Waals surface area contributed by atoms with Crippen LogP contribution in [0.25, 0.3) is 10.9 Å². The molecule has 0 radical (unpaired) electrons. The number of nitrogens with one attached hydrogen (secondary N) is 2. The van der Waals surface area contributed by atoms with Crippen molar-refractivity contribution in [3.05, 3.63) is 70.0 Å². The molecule has 0 fully saturated rings. The van der Waals surface area contributed by atoms with E-state index < -0.39 is 6.04 Å². The van der Waals surface area contributed by atoms with Gasteiger partial charge in [-0.25, -0.2) is 0 Å². The number of para-hydroxylation sites is 1. The fourth-order valence-electron chi connectivity index (χ4n) is 3.60. The first-order valence-electron chi connectivity index (χ1n) is 9.61. The van der Waals surface area contributed by atoms with Gasteiger partial charge in [-0.1, -0.05) is 25.1 Å². The maximum atomic E-state index is 13.1. The van der Waals surface area contributed by atoms with E-state index >= 15 is 0 Å². The normalized spacial score (nSPS) is 11.9. The minimum atomic E-state index is -0.637. The van der Waals surface area contributed by atoms with E-state index in [-0.39, 0.29) is 17.4 Å². The largest absolute Gasteiger partial charge is 0.326 e. The molecule has 3 aromatic rings. The Hall–Kier alpha value is -3.41. The number of amides is 2. The fraction of sp³-hybridized carbons (Fsp3) is 0.261. The third-order valence-electron chi connectivity index (χ3n) is 4.95. The van der Waals surface area contributed by atoms with E-state index in [1.807, 2.05) is 39.0 Å². The SMILES string of the molecule is CCC(C(=O)Nc1ccc(NC(C)=O)cc1)n1c(=O)cc(C)c2cccc(C)c21. The Morgan fingerprint density at radius 3 is 2.17 bits per heavy atom. The van der Waals surface area contributed by atoms with Crippen LogP contribution in [0.4, 0.5) is 11.4 Å². The Kier molecular flexibility index (Phi) is 5.82. The second-order valence-corrected chi connectivity index (χ2v) is 7.18. The molecule has 0 bridgehead atoms. The number of aryl methyl sites for hydroxylation is 2. The zero-order valence-electron chi connectivity index (χ0n) is 17.1. The maximum absolute atomic E-state index is 13.1. The molecule has 6 nitrogen and oxygen atoms in total. The van der Waals surface area contributed by atoms with Gasteiger partial charge in [-0.3, -0.25) is 19.0 Å². The van der Waals surface area contributed by atoms with Crippen molar-refractivity contribution in [2.75, 3.05) is 10.6 Å². The molecule has 2 N–H and O–H groups in total. The van der Waals surface area contributed by atoms with Crippen LogP contribution >= 0.6 is 0 Å². The lowest BCUT2D eigenvalue weighted by atomic mass is 10.0. The maximum Gasteiger partial charge on any atom is 0.252 e. The third-order valence-corrected chi connectivity index (χ3v) is 4.95. The van der Waals surface area contributed by atoms with E-state index in [2.05, 4.69) is 10.6 Å². The first-order valence-corrected chi connectivity index (χ1v) is 9.61. The summed E-state index contributed by atoms with van der Waals surface area (Å²) < 4.78 is 1.60. The predicted octanol–water partition coefficient (Wildman–Crippen LogP) is 4.17. The van der Waals surface area contributed by atoms with Crippen molar-refractivity contribution in [3.63, 3.8) is 0 Å². The zero-order chi connectivity index (χ0) is 21.1. The van der Waals surface area contributed by atoms with Crippen molar-refractivity contribution in [1.82, 2.24) is 4.57 Å². The van der Waals surface area contributed by atoms with Crippen molar-refractivity contribution in [3.8, 4) is 0 Å². The molecule has 6 heteroatoms. The van der Waals surface area contributed by atoms with Gasteiger partial charge < -0.3 is 10.6 Å². The molecule has 0 saturated heterocycles. The van der Waals surface area contributed by atoms with Gasteiger partial charge in [0.2, 0.25) is 11.8 Å². The molecule has 1 heterocycles. The minimum Gasteiger partial charge on any atom is -0.326 e. The number of anilines is 2. The number of fused-ring (bicyclic) bond motifs is 1. The van der Waals surface area contributed by atoms with E-state index in [0.717, 1.165) is 22.0 Å². The highest BCUT2D eigenvalue weighted by molar-refractivity contribution is 5.96. The Labute approximate surface area is 169 Å². The number of pyridine rings is 1. The smallest absolute Gasteiger partial charge is 0.252 e. The van der Waals surface area contributed by atoms with E-state index in [0.29, 0.717) is 17.8 Å². The van der Waals surface area contributed by atoms with Gasteiger partial charge in [0.05, 0.1) is 5.52 Å². The highest BCUT2D eigenvalue weighted by Crippen LogP contribution is 2.25. The van der Waals surface area contributed by atoms with Gasteiger partial charge >= 0.3 is 0 Å². The number of benzene rings is 2. The molecule has 0 aliphatic carbocycles. The summed E-state index contributed by atoms with van der Waals surface area (Å²) in [6, 6.07) is 13.7. The van der Waals surface area contributed by atoms with E-state index in [4.69, 9.17) is 0 Å². The molecule has 0 aliphatic heterocycles. The Bertz CT molecular complexity index is 1130. The quantitative estimate of drug-likeness (QED) is 0.685. The number of carbonyl (C=O) groups is 2. The highest BCUT2D eigenvalue weighted by Gasteiger charge is 2.23. The number of nitrogens with zero attached hydrogens (tertiary/aromatic N) is 1. The van der Waals surface area contributed by atoms with Gasteiger partial charge in [-0.05, 0) is 55.7 Å². The second kappa shape index (κ2) is 8.31. The van der Waals surface area contributed by atoms with Crippen LogP contribution in [0.1, 0.15) is 37.4 Å². The average molecular weight is 391 g/mol. The summed E-state index contributed by atoms with van der Waals surface area (Å²) in [6.07, 6.45) is 0.474. The molecule has 0 spiro atoms. The Balaban J connectivity index is 1.97. The number of rotatable bonds is 5. The van der Waals surface area contributed by atoms with Gasteiger partial charge in [-0.2, -0.15) is 0 Å². The second-order valence-electron chi connectivity index (χ2n) is 7.18. The Morgan fingerprint density at radius 2 is 1.59 bits per heavy atom. The van der Waals surface area contributed by atoms with Crippen molar-refractivity contribution in [1.29, 1.82) is 0 Å². The van der Waals surface area contributed by atoms with E-state index in [1.165, 1.54) is 6.92 Å². The van der Waals surface area contributed by atoms with Crippen LogP contribution < -0.4 is 16.2 Å². The Morgan fingerprint density at radius 1 is 0.966 bits per heavy atom. The van der Waals surface area contributed by atoms with E-state index in [9.17, 15) is 14.4 Å². The summed E-state index contributed by atoms with van der Waals surface area (Å²) in [4.78, 5) is 37.1. The summed E-state index contributed by atoms with van der Waals surface area (Å²) >= 11 is 0. The van der Waals surface area contributed by atoms with Crippen molar-refractivity contribution in [2.45, 2.75) is 40.2 Å². The molecule has 1 atom stereocenters. The lowest BCUT2D eigenvalue weighted by molar-refractivity contribution is -0.119. The molecule has 2 aromatic carbocycles. The molecule has 0 aliphatic rings. The van der Waals surface area contributed by atoms with Gasteiger partial charge in [0.1, 0.15) is 6.04 Å². The summed E-state index contributed by atoms with van der Waals surface area (Å²) in [7, 11) is 0. The minimum absolute atomic E-state index is 0.158. The molecular formula is C23H25N3O3. The summed E-state index contributed by atoms with van der Waals surface area (Å²) in [5, 5.41) is 6.54. The molecular weight excluding hydrogens is 366 g/mol. The number of carbonyl (C=O) groups excluding carboxylic acids is 2. The molecule has 29 heavy (non-hydrogen) atoms. The highest BCUT2D eigenvalue weighted by atomic mass is 16.2. The molecule has 2 amide bonds. The lowest BCUT2D eigenvalue weighted by Crippen LogP contribution is -2.33. The topological polar surface area (TPSA) is 80.2 Å². The summed E-state index contributed by atoms with van der Waals surface area (Å²) in [5.41, 5.74) is 3.71. The number of aromatic nitrogens is 1.